The lowest BCUT2D eigenvalue weighted by Gasteiger charge is -2.10. The van der Waals surface area contributed by atoms with E-state index in [2.05, 4.69) is 0 Å². The Hall–Kier alpha value is -0.380. The fourth-order valence-electron chi connectivity index (χ4n) is 0.784. The summed E-state index contributed by atoms with van der Waals surface area (Å²) in [6.45, 7) is 0. The van der Waals surface area contributed by atoms with Gasteiger partial charge in [-0.1, -0.05) is 0 Å². The lowest BCUT2D eigenvalue weighted by atomic mass is 10.2. The Balaban J connectivity index is 2.65. The largest absolute Gasteiger partial charge is 0.310 e. The molecule has 0 aromatic carbocycles. The molecule has 0 aliphatic carbocycles. The monoisotopic (exact) mass is 147 g/mol. The molecule has 0 radical (unpaired) electrons. The molecule has 4 heteroatoms. The second kappa shape index (κ2) is 2.10. The highest BCUT2D eigenvalue weighted by atomic mass is 32.2. The van der Waals surface area contributed by atoms with Crippen molar-refractivity contribution in [2.45, 2.75) is 12.8 Å². The van der Waals surface area contributed by atoms with Gasteiger partial charge in [0.25, 0.3) is 0 Å². The highest BCUT2D eigenvalue weighted by Crippen LogP contribution is 2.06. The topological polar surface area (TPSA) is 58.0 Å². The van der Waals surface area contributed by atoms with E-state index in [0.29, 0.717) is 18.6 Å². The number of hydrogen-bond acceptors (Lipinski definition) is 3. The van der Waals surface area contributed by atoms with Crippen LogP contribution in [0.25, 0.3) is 0 Å². The Kier molecular flexibility index (Phi) is 1.57. The molecule has 0 saturated carbocycles. The summed E-state index contributed by atoms with van der Waals surface area (Å²) in [6, 6.07) is 0. The zero-order valence-corrected chi connectivity index (χ0v) is 5.87. The minimum Gasteiger partial charge on any atom is -0.310 e. The van der Waals surface area contributed by atoms with Crippen molar-refractivity contribution in [3.8, 4) is 0 Å². The van der Waals surface area contributed by atoms with E-state index >= 15 is 0 Å². The van der Waals surface area contributed by atoms with E-state index < -0.39 is 9.84 Å². The lowest BCUT2D eigenvalue weighted by Crippen LogP contribution is -2.22. The molecular formula is C5H9NO2S. The Labute approximate surface area is 54.5 Å². The number of sulfone groups is 1. The molecule has 1 fully saturated rings. The van der Waals surface area contributed by atoms with Crippen LogP contribution < -0.4 is 0 Å². The molecule has 9 heavy (non-hydrogen) atoms. The molecule has 0 aromatic rings. The molecule has 0 spiro atoms. The highest BCUT2D eigenvalue weighted by Gasteiger charge is 2.18. The average molecular weight is 147 g/mol. The number of hydrogen-bond donors (Lipinski definition) is 1. The molecular weight excluding hydrogens is 138 g/mol. The van der Waals surface area contributed by atoms with E-state index in [4.69, 9.17) is 5.41 Å². The first-order valence-corrected chi connectivity index (χ1v) is 4.69. The Morgan fingerprint density at radius 3 is 2.00 bits per heavy atom. The second-order valence-corrected chi connectivity index (χ2v) is 4.56. The van der Waals surface area contributed by atoms with E-state index in [1.165, 1.54) is 0 Å². The maximum Gasteiger partial charge on any atom is 0.151 e. The van der Waals surface area contributed by atoms with Crippen molar-refractivity contribution >= 4 is 15.5 Å². The van der Waals surface area contributed by atoms with Crippen molar-refractivity contribution in [3.63, 3.8) is 0 Å². The molecule has 1 heterocycles. The van der Waals surface area contributed by atoms with Crippen molar-refractivity contribution < 1.29 is 8.42 Å². The molecule has 0 amide bonds. The van der Waals surface area contributed by atoms with Crippen LogP contribution in [0, 0.1) is 5.41 Å². The Morgan fingerprint density at radius 1 is 1.22 bits per heavy atom. The first-order valence-electron chi connectivity index (χ1n) is 2.87. The summed E-state index contributed by atoms with van der Waals surface area (Å²) in [7, 11) is -2.76. The molecule has 0 bridgehead atoms. The molecule has 1 aliphatic heterocycles. The van der Waals surface area contributed by atoms with Crippen LogP contribution in [0.4, 0.5) is 0 Å². The predicted octanol–water partition coefficient (Wildman–Crippen LogP) is 0.215. The maximum atomic E-state index is 10.7. The van der Waals surface area contributed by atoms with E-state index in [1.807, 2.05) is 0 Å². The van der Waals surface area contributed by atoms with Gasteiger partial charge in [0, 0.05) is 5.71 Å². The van der Waals surface area contributed by atoms with E-state index in [9.17, 15) is 8.42 Å². The van der Waals surface area contributed by atoms with Crippen LogP contribution in [0.3, 0.4) is 0 Å². The fourth-order valence-corrected chi connectivity index (χ4v) is 2.10. The van der Waals surface area contributed by atoms with Crippen LogP contribution in [0.2, 0.25) is 0 Å². The number of rotatable bonds is 0. The quantitative estimate of drug-likeness (QED) is 0.532. The molecule has 0 unspecified atom stereocenters. The smallest absolute Gasteiger partial charge is 0.151 e. The van der Waals surface area contributed by atoms with Crippen molar-refractivity contribution in [1.29, 1.82) is 5.41 Å². The van der Waals surface area contributed by atoms with Gasteiger partial charge in [-0.3, -0.25) is 0 Å². The van der Waals surface area contributed by atoms with Crippen molar-refractivity contribution in [1.82, 2.24) is 0 Å². The minimum atomic E-state index is -2.76. The summed E-state index contributed by atoms with van der Waals surface area (Å²) in [4.78, 5) is 0. The van der Waals surface area contributed by atoms with Gasteiger partial charge in [0.2, 0.25) is 0 Å². The zero-order chi connectivity index (χ0) is 6.91. The lowest BCUT2D eigenvalue weighted by molar-refractivity contribution is 0.593. The molecule has 0 aromatic heterocycles. The number of nitrogens with one attached hydrogen (secondary N) is 1. The third-order valence-corrected chi connectivity index (χ3v) is 3.08. The van der Waals surface area contributed by atoms with E-state index in [1.54, 1.807) is 0 Å². The van der Waals surface area contributed by atoms with E-state index in [0.717, 1.165) is 0 Å². The van der Waals surface area contributed by atoms with Gasteiger partial charge in [-0.25, -0.2) is 8.42 Å². The Bertz CT molecular complexity index is 201. The molecule has 52 valence electrons. The van der Waals surface area contributed by atoms with Crippen LogP contribution in [0.5, 0.6) is 0 Å². The van der Waals surface area contributed by atoms with Crippen LogP contribution >= 0.6 is 0 Å². The van der Waals surface area contributed by atoms with Crippen molar-refractivity contribution in [2.24, 2.45) is 0 Å². The third kappa shape index (κ3) is 1.78. The van der Waals surface area contributed by atoms with Crippen molar-refractivity contribution in [2.75, 3.05) is 11.5 Å². The van der Waals surface area contributed by atoms with Crippen molar-refractivity contribution in [3.05, 3.63) is 0 Å². The van der Waals surface area contributed by atoms with Crippen LogP contribution in [0.1, 0.15) is 12.8 Å². The highest BCUT2D eigenvalue weighted by molar-refractivity contribution is 7.91. The summed E-state index contributed by atoms with van der Waals surface area (Å²) in [6.07, 6.45) is 0.894. The van der Waals surface area contributed by atoms with Gasteiger partial charge >= 0.3 is 0 Å². The second-order valence-electron chi connectivity index (χ2n) is 2.26. The first kappa shape index (κ1) is 6.74. The third-order valence-electron chi connectivity index (χ3n) is 1.43. The molecule has 0 atom stereocenters. The van der Waals surface area contributed by atoms with Gasteiger partial charge in [-0.2, -0.15) is 0 Å². The summed E-state index contributed by atoms with van der Waals surface area (Å²) in [5.74, 6) is 0.373. The maximum absolute atomic E-state index is 10.7. The molecule has 1 saturated heterocycles. The average Bonchev–Trinajstić information content (AvgIpc) is 1.78. The minimum absolute atomic E-state index is 0.186. The summed E-state index contributed by atoms with van der Waals surface area (Å²) in [5.41, 5.74) is 0.574. The van der Waals surface area contributed by atoms with Gasteiger partial charge in [0.15, 0.2) is 9.84 Å². The Morgan fingerprint density at radius 2 is 1.67 bits per heavy atom. The zero-order valence-electron chi connectivity index (χ0n) is 5.05. The molecule has 1 rings (SSSR count). The van der Waals surface area contributed by atoms with Gasteiger partial charge in [-0.15, -0.1) is 0 Å². The van der Waals surface area contributed by atoms with Gasteiger partial charge in [0.05, 0.1) is 11.5 Å². The summed E-state index contributed by atoms with van der Waals surface area (Å²) < 4.78 is 21.4. The first-order chi connectivity index (χ1) is 4.10. The van der Waals surface area contributed by atoms with Gasteiger partial charge < -0.3 is 5.41 Å². The van der Waals surface area contributed by atoms with Crippen LogP contribution in [-0.2, 0) is 9.84 Å². The molecule has 1 aliphatic rings. The van der Waals surface area contributed by atoms with E-state index in [-0.39, 0.29) is 11.5 Å². The standard InChI is InChI=1S/C5H9NO2S/c6-5-1-3-9(7,8)4-2-5/h6H,1-4H2. The SMILES string of the molecule is N=C1CCS(=O)(=O)CC1. The van der Waals surface area contributed by atoms with Gasteiger partial charge in [0.1, 0.15) is 0 Å². The normalized spacial score (nSPS) is 26.0. The summed E-state index contributed by atoms with van der Waals surface area (Å²) in [5, 5.41) is 7.10. The van der Waals surface area contributed by atoms with Crippen LogP contribution in [0.15, 0.2) is 0 Å². The van der Waals surface area contributed by atoms with Gasteiger partial charge in [-0.05, 0) is 12.8 Å². The molecule has 3 nitrogen and oxygen atoms in total. The molecule has 1 N–H and O–H groups in total. The summed E-state index contributed by atoms with van der Waals surface area (Å²) >= 11 is 0. The fraction of sp³-hybridized carbons (Fsp3) is 0.800. The predicted molar refractivity (Wildman–Crippen MR) is 35.6 cm³/mol. The van der Waals surface area contributed by atoms with Crippen LogP contribution in [-0.4, -0.2) is 25.6 Å².